The van der Waals surface area contributed by atoms with Crippen LogP contribution in [-0.2, 0) is 11.5 Å². The summed E-state index contributed by atoms with van der Waals surface area (Å²) in [6, 6.07) is 4.21. The first-order valence-corrected chi connectivity index (χ1v) is 3.76. The number of benzene rings is 1. The number of hydrogen-bond acceptors (Lipinski definition) is 1. The van der Waals surface area contributed by atoms with Gasteiger partial charge in [0.1, 0.15) is 6.67 Å². The fourth-order valence-corrected chi connectivity index (χ4v) is 0.969. The molecule has 0 aliphatic carbocycles. The van der Waals surface area contributed by atoms with Crippen molar-refractivity contribution in [3.63, 3.8) is 0 Å². The Morgan fingerprint density at radius 2 is 2.23 bits per heavy atom. The zero-order valence-corrected chi connectivity index (χ0v) is 7.10. The van der Waals surface area contributed by atoms with Crippen molar-refractivity contribution in [2.45, 2.75) is 13.6 Å². The first-order chi connectivity index (χ1) is 6.15. The summed E-state index contributed by atoms with van der Waals surface area (Å²) in [6.45, 7) is 0.390. The van der Waals surface area contributed by atoms with Crippen molar-refractivity contribution in [1.29, 1.82) is 0 Å². The van der Waals surface area contributed by atoms with E-state index >= 15 is 0 Å². The fourth-order valence-electron chi connectivity index (χ4n) is 0.969. The number of rotatable bonds is 2. The monoisotopic (exact) mass is 185 g/mol. The number of nitrogens with one attached hydrogen (secondary N) is 1. The molecule has 1 aromatic rings. The molecule has 0 aliphatic heterocycles. The van der Waals surface area contributed by atoms with Gasteiger partial charge in [0.05, 0.1) is 5.69 Å². The lowest BCUT2D eigenvalue weighted by atomic mass is 10.2. The summed E-state index contributed by atoms with van der Waals surface area (Å²) in [5.74, 6) is -1.09. The Morgan fingerprint density at radius 1 is 1.54 bits per heavy atom. The Hall–Kier alpha value is -1.45. The molecule has 1 N–H and O–H groups in total. The highest BCUT2D eigenvalue weighted by atomic mass is 19.1. The number of halogens is 2. The highest BCUT2D eigenvalue weighted by Gasteiger charge is 2.07. The van der Waals surface area contributed by atoms with Crippen molar-refractivity contribution < 1.29 is 13.6 Å². The number of hydrogen-bond donors (Lipinski definition) is 1. The van der Waals surface area contributed by atoms with Gasteiger partial charge in [-0.25, -0.2) is 8.78 Å². The van der Waals surface area contributed by atoms with E-state index in [-0.39, 0.29) is 17.2 Å². The molecule has 2 nitrogen and oxygen atoms in total. The molecule has 70 valence electrons. The number of anilines is 1. The van der Waals surface area contributed by atoms with Gasteiger partial charge in [0, 0.05) is 12.5 Å². The molecular weight excluding hydrogens is 176 g/mol. The number of alkyl halides is 1. The lowest BCUT2D eigenvalue weighted by Crippen LogP contribution is -2.08. The second-order valence-corrected chi connectivity index (χ2v) is 2.59. The Morgan fingerprint density at radius 3 is 2.77 bits per heavy atom. The van der Waals surface area contributed by atoms with Gasteiger partial charge in [-0.2, -0.15) is 0 Å². The predicted molar refractivity (Wildman–Crippen MR) is 45.5 cm³/mol. The largest absolute Gasteiger partial charge is 0.324 e. The lowest BCUT2D eigenvalue weighted by molar-refractivity contribution is -0.114. The number of carbonyl (C=O) groups is 1. The molecule has 0 unspecified atom stereocenters. The van der Waals surface area contributed by atoms with Crippen LogP contribution in [0.4, 0.5) is 14.5 Å². The van der Waals surface area contributed by atoms with Crippen LogP contribution in [0.15, 0.2) is 18.2 Å². The van der Waals surface area contributed by atoms with Gasteiger partial charge in [-0.3, -0.25) is 4.79 Å². The fraction of sp³-hybridized carbons (Fsp3) is 0.222. The normalized spacial score (nSPS) is 9.77. The van der Waals surface area contributed by atoms with Gasteiger partial charge in [0.15, 0.2) is 5.82 Å². The van der Waals surface area contributed by atoms with Crippen LogP contribution < -0.4 is 5.32 Å². The average molecular weight is 185 g/mol. The Labute approximate surface area is 74.6 Å². The van der Waals surface area contributed by atoms with Crippen LogP contribution in [0.3, 0.4) is 0 Å². The zero-order valence-electron chi connectivity index (χ0n) is 7.10. The standard InChI is InChI=1S/C9H9F2NO/c1-6(13)12-8-4-2-3-7(5-10)9(8)11/h2-4H,5H2,1H3,(H,12,13). The van der Waals surface area contributed by atoms with Crippen LogP contribution in [0.1, 0.15) is 12.5 Å². The van der Waals surface area contributed by atoms with Crippen LogP contribution in [-0.4, -0.2) is 5.91 Å². The molecular formula is C9H9F2NO. The van der Waals surface area contributed by atoms with Crippen molar-refractivity contribution in [2.24, 2.45) is 0 Å². The van der Waals surface area contributed by atoms with E-state index in [9.17, 15) is 13.6 Å². The topological polar surface area (TPSA) is 29.1 Å². The SMILES string of the molecule is CC(=O)Nc1cccc(CF)c1F. The smallest absolute Gasteiger partial charge is 0.221 e. The van der Waals surface area contributed by atoms with E-state index in [1.807, 2.05) is 0 Å². The third kappa shape index (κ3) is 2.24. The van der Waals surface area contributed by atoms with Crippen molar-refractivity contribution in [3.05, 3.63) is 29.6 Å². The molecule has 1 rings (SSSR count). The summed E-state index contributed by atoms with van der Waals surface area (Å²) in [7, 11) is 0. The van der Waals surface area contributed by atoms with Gasteiger partial charge in [-0.15, -0.1) is 0 Å². The Balaban J connectivity index is 3.01. The first kappa shape index (κ1) is 9.64. The minimum Gasteiger partial charge on any atom is -0.324 e. The van der Waals surface area contributed by atoms with E-state index in [2.05, 4.69) is 5.32 Å². The molecule has 0 heterocycles. The molecule has 4 heteroatoms. The van der Waals surface area contributed by atoms with Gasteiger partial charge >= 0.3 is 0 Å². The highest BCUT2D eigenvalue weighted by molar-refractivity contribution is 5.88. The predicted octanol–water partition coefficient (Wildman–Crippen LogP) is 2.25. The van der Waals surface area contributed by atoms with E-state index in [4.69, 9.17) is 0 Å². The van der Waals surface area contributed by atoms with E-state index < -0.39 is 12.5 Å². The first-order valence-electron chi connectivity index (χ1n) is 3.76. The summed E-state index contributed by atoms with van der Waals surface area (Å²) < 4.78 is 25.3. The summed E-state index contributed by atoms with van der Waals surface area (Å²) in [4.78, 5) is 10.6. The quantitative estimate of drug-likeness (QED) is 0.752. The van der Waals surface area contributed by atoms with Crippen LogP contribution in [0.5, 0.6) is 0 Å². The number of amides is 1. The van der Waals surface area contributed by atoms with Gasteiger partial charge in [-0.05, 0) is 6.07 Å². The molecule has 0 spiro atoms. The second-order valence-electron chi connectivity index (χ2n) is 2.59. The van der Waals surface area contributed by atoms with Gasteiger partial charge in [0.25, 0.3) is 0 Å². The minimum absolute atomic E-state index is 0.0163. The second kappa shape index (κ2) is 3.98. The van der Waals surface area contributed by atoms with Crippen molar-refractivity contribution in [2.75, 3.05) is 5.32 Å². The average Bonchev–Trinajstić information content (AvgIpc) is 2.08. The van der Waals surface area contributed by atoms with E-state index in [0.29, 0.717) is 0 Å². The summed E-state index contributed by atoms with van der Waals surface area (Å²) in [6.07, 6.45) is 0. The third-order valence-corrected chi connectivity index (χ3v) is 1.53. The zero-order chi connectivity index (χ0) is 9.84. The summed E-state index contributed by atoms with van der Waals surface area (Å²) >= 11 is 0. The third-order valence-electron chi connectivity index (χ3n) is 1.53. The van der Waals surface area contributed by atoms with Crippen molar-refractivity contribution in [3.8, 4) is 0 Å². The summed E-state index contributed by atoms with van der Waals surface area (Å²) in [5.41, 5.74) is -0.0334. The van der Waals surface area contributed by atoms with Gasteiger partial charge in [0.2, 0.25) is 5.91 Å². The summed E-state index contributed by atoms with van der Waals surface area (Å²) in [5, 5.41) is 2.27. The molecule has 13 heavy (non-hydrogen) atoms. The number of carbonyl (C=O) groups excluding carboxylic acids is 1. The van der Waals surface area contributed by atoms with E-state index in [1.54, 1.807) is 0 Å². The van der Waals surface area contributed by atoms with E-state index in [1.165, 1.54) is 25.1 Å². The maximum atomic E-state index is 13.2. The van der Waals surface area contributed by atoms with Crippen LogP contribution >= 0.6 is 0 Å². The van der Waals surface area contributed by atoms with Crippen LogP contribution in [0, 0.1) is 5.82 Å². The highest BCUT2D eigenvalue weighted by Crippen LogP contribution is 2.18. The molecule has 0 atom stereocenters. The molecule has 0 fully saturated rings. The molecule has 1 aromatic carbocycles. The molecule has 0 saturated carbocycles. The maximum Gasteiger partial charge on any atom is 0.221 e. The minimum atomic E-state index is -0.876. The Bertz CT molecular complexity index is 325. The molecule has 0 radical (unpaired) electrons. The van der Waals surface area contributed by atoms with Gasteiger partial charge in [-0.1, -0.05) is 12.1 Å². The molecule has 0 aromatic heterocycles. The van der Waals surface area contributed by atoms with Crippen molar-refractivity contribution >= 4 is 11.6 Å². The maximum absolute atomic E-state index is 13.2. The molecule has 0 aliphatic rings. The molecule has 0 bridgehead atoms. The van der Waals surface area contributed by atoms with Crippen LogP contribution in [0.25, 0.3) is 0 Å². The van der Waals surface area contributed by atoms with E-state index in [0.717, 1.165) is 0 Å². The van der Waals surface area contributed by atoms with Crippen molar-refractivity contribution in [1.82, 2.24) is 0 Å². The van der Waals surface area contributed by atoms with Crippen LogP contribution in [0.2, 0.25) is 0 Å². The molecule has 0 saturated heterocycles. The Kier molecular flexibility index (Phi) is 2.95. The lowest BCUT2D eigenvalue weighted by Gasteiger charge is -2.05. The van der Waals surface area contributed by atoms with Gasteiger partial charge < -0.3 is 5.32 Å². The molecule has 1 amide bonds.